The predicted octanol–water partition coefficient (Wildman–Crippen LogP) is 2.69. The molecule has 10 heavy (non-hydrogen) atoms. The molecule has 1 atom stereocenters. The molecule has 0 aromatic rings. The highest BCUT2D eigenvalue weighted by molar-refractivity contribution is 6.77. The smallest absolute Gasteiger partial charge is 0.129 e. The summed E-state index contributed by atoms with van der Waals surface area (Å²) in [7, 11) is -1.04. The van der Waals surface area contributed by atoms with Crippen molar-refractivity contribution >= 4 is 13.9 Å². The molecule has 0 radical (unpaired) electrons. The van der Waals surface area contributed by atoms with E-state index in [1.807, 2.05) is 0 Å². The number of hydrogen-bond donors (Lipinski definition) is 0. The lowest BCUT2D eigenvalue weighted by atomic mass is 10.2. The number of carbonyl (C=O) groups is 1. The first-order valence-electron chi connectivity index (χ1n) is 3.83. The predicted molar refractivity (Wildman–Crippen MR) is 48.1 cm³/mol. The Morgan fingerprint density at radius 3 is 1.90 bits per heavy atom. The number of ketones is 1. The van der Waals surface area contributed by atoms with E-state index in [4.69, 9.17) is 0 Å². The summed E-state index contributed by atoms with van der Waals surface area (Å²) in [5, 5.41) is 0. The van der Waals surface area contributed by atoms with Crippen molar-refractivity contribution < 1.29 is 4.79 Å². The van der Waals surface area contributed by atoms with Crippen molar-refractivity contribution in [3.8, 4) is 0 Å². The first-order valence-corrected chi connectivity index (χ1v) is 7.41. The van der Waals surface area contributed by atoms with Crippen LogP contribution in [0.15, 0.2) is 0 Å². The summed E-state index contributed by atoms with van der Waals surface area (Å²) in [6.45, 7) is 10.8. The van der Waals surface area contributed by atoms with Crippen LogP contribution in [0.2, 0.25) is 25.2 Å². The zero-order valence-electron chi connectivity index (χ0n) is 7.69. The Hall–Kier alpha value is -0.113. The van der Waals surface area contributed by atoms with Gasteiger partial charge < -0.3 is 4.79 Å². The summed E-state index contributed by atoms with van der Waals surface area (Å²) in [6, 6.07) is 0. The molecule has 0 saturated carbocycles. The standard InChI is InChI=1S/C8H18OSi/c1-7(9)6-8(2)10(3,4)5/h8H,6H2,1-5H3/t8-/m0/s1. The molecule has 0 aromatic carbocycles. The number of hydrogen-bond acceptors (Lipinski definition) is 1. The fraction of sp³-hybridized carbons (Fsp3) is 0.875. The van der Waals surface area contributed by atoms with E-state index in [2.05, 4.69) is 26.6 Å². The Balaban J connectivity index is 3.85. The van der Waals surface area contributed by atoms with Crippen molar-refractivity contribution in [1.82, 2.24) is 0 Å². The van der Waals surface area contributed by atoms with Crippen molar-refractivity contribution in [2.24, 2.45) is 0 Å². The zero-order chi connectivity index (χ0) is 8.36. The van der Waals surface area contributed by atoms with Crippen LogP contribution < -0.4 is 0 Å². The highest BCUT2D eigenvalue weighted by Crippen LogP contribution is 2.24. The third-order valence-electron chi connectivity index (χ3n) is 2.07. The summed E-state index contributed by atoms with van der Waals surface area (Å²) in [5.74, 6) is 0.329. The second-order valence-corrected chi connectivity index (χ2v) is 9.89. The van der Waals surface area contributed by atoms with E-state index in [0.29, 0.717) is 11.3 Å². The van der Waals surface area contributed by atoms with Crippen LogP contribution in [0.5, 0.6) is 0 Å². The van der Waals surface area contributed by atoms with Gasteiger partial charge in [0.15, 0.2) is 0 Å². The van der Waals surface area contributed by atoms with E-state index in [1.165, 1.54) is 0 Å². The summed E-state index contributed by atoms with van der Waals surface area (Å²) >= 11 is 0. The molecule has 0 heterocycles. The Kier molecular flexibility index (Phi) is 3.29. The lowest BCUT2D eigenvalue weighted by Gasteiger charge is -2.23. The minimum atomic E-state index is -1.04. The summed E-state index contributed by atoms with van der Waals surface area (Å²) in [4.78, 5) is 10.7. The second kappa shape index (κ2) is 3.33. The number of carbonyl (C=O) groups excluding carboxylic acids is 1. The van der Waals surface area contributed by atoms with E-state index in [-0.39, 0.29) is 0 Å². The van der Waals surface area contributed by atoms with Crippen LogP contribution in [0.3, 0.4) is 0 Å². The average molecular weight is 158 g/mol. The van der Waals surface area contributed by atoms with Gasteiger partial charge in [-0.05, 0) is 12.5 Å². The van der Waals surface area contributed by atoms with Crippen LogP contribution in [-0.2, 0) is 4.79 Å². The molecule has 0 aromatic heterocycles. The molecule has 2 heteroatoms. The SMILES string of the molecule is CC(=O)C[C@H](C)[Si](C)(C)C. The van der Waals surface area contributed by atoms with Gasteiger partial charge in [-0.3, -0.25) is 0 Å². The van der Waals surface area contributed by atoms with Gasteiger partial charge in [-0.2, -0.15) is 0 Å². The Morgan fingerprint density at radius 2 is 1.80 bits per heavy atom. The molecule has 0 aliphatic carbocycles. The van der Waals surface area contributed by atoms with E-state index in [9.17, 15) is 4.79 Å². The molecule has 0 spiro atoms. The van der Waals surface area contributed by atoms with Crippen molar-refractivity contribution in [2.45, 2.75) is 45.5 Å². The highest BCUT2D eigenvalue weighted by atomic mass is 28.3. The lowest BCUT2D eigenvalue weighted by Crippen LogP contribution is -2.27. The maximum absolute atomic E-state index is 10.7. The minimum Gasteiger partial charge on any atom is -0.300 e. The van der Waals surface area contributed by atoms with Crippen molar-refractivity contribution in [1.29, 1.82) is 0 Å². The van der Waals surface area contributed by atoms with Gasteiger partial charge in [0.05, 0.1) is 0 Å². The van der Waals surface area contributed by atoms with Gasteiger partial charge in [0.1, 0.15) is 5.78 Å². The van der Waals surface area contributed by atoms with Crippen molar-refractivity contribution in [3.63, 3.8) is 0 Å². The van der Waals surface area contributed by atoms with Gasteiger partial charge in [0, 0.05) is 14.5 Å². The molecule has 0 rings (SSSR count). The molecule has 0 fully saturated rings. The number of Topliss-reactive ketones (excluding diaryl/α,β-unsaturated/α-hetero) is 1. The Labute approximate surface area is 64.8 Å². The van der Waals surface area contributed by atoms with Crippen molar-refractivity contribution in [2.75, 3.05) is 0 Å². The molecule has 0 amide bonds. The van der Waals surface area contributed by atoms with Crippen LogP contribution in [-0.4, -0.2) is 13.9 Å². The van der Waals surface area contributed by atoms with Gasteiger partial charge in [-0.1, -0.05) is 26.6 Å². The second-order valence-electron chi connectivity index (χ2n) is 4.17. The number of rotatable bonds is 3. The topological polar surface area (TPSA) is 17.1 Å². The van der Waals surface area contributed by atoms with Crippen LogP contribution in [0, 0.1) is 0 Å². The molecular formula is C8H18OSi. The van der Waals surface area contributed by atoms with Gasteiger partial charge in [0.25, 0.3) is 0 Å². The zero-order valence-corrected chi connectivity index (χ0v) is 8.69. The Bertz CT molecular complexity index is 124. The molecule has 0 saturated heterocycles. The average Bonchev–Trinajstić information content (AvgIpc) is 1.60. The first kappa shape index (κ1) is 9.89. The Morgan fingerprint density at radius 1 is 1.40 bits per heavy atom. The molecular weight excluding hydrogens is 140 g/mol. The van der Waals surface area contributed by atoms with Crippen LogP contribution in [0.25, 0.3) is 0 Å². The quantitative estimate of drug-likeness (QED) is 0.577. The molecule has 0 unspecified atom stereocenters. The van der Waals surface area contributed by atoms with Gasteiger partial charge in [-0.25, -0.2) is 0 Å². The third-order valence-corrected chi connectivity index (χ3v) is 5.23. The van der Waals surface area contributed by atoms with Crippen LogP contribution in [0.1, 0.15) is 20.3 Å². The largest absolute Gasteiger partial charge is 0.300 e. The van der Waals surface area contributed by atoms with E-state index >= 15 is 0 Å². The molecule has 0 aliphatic rings. The first-order chi connectivity index (χ1) is 4.34. The molecule has 0 bridgehead atoms. The highest BCUT2D eigenvalue weighted by Gasteiger charge is 2.22. The normalized spacial score (nSPS) is 14.9. The fourth-order valence-electron chi connectivity index (χ4n) is 0.737. The minimum absolute atomic E-state index is 0.329. The van der Waals surface area contributed by atoms with E-state index < -0.39 is 8.07 Å². The van der Waals surface area contributed by atoms with Gasteiger partial charge in [0.2, 0.25) is 0 Å². The fourth-order valence-corrected chi connectivity index (χ4v) is 1.64. The summed E-state index contributed by atoms with van der Waals surface area (Å²) < 4.78 is 0. The summed E-state index contributed by atoms with van der Waals surface area (Å²) in [6.07, 6.45) is 0.774. The maximum Gasteiger partial charge on any atom is 0.129 e. The monoisotopic (exact) mass is 158 g/mol. The van der Waals surface area contributed by atoms with Crippen LogP contribution >= 0.6 is 0 Å². The van der Waals surface area contributed by atoms with Gasteiger partial charge in [-0.15, -0.1) is 0 Å². The van der Waals surface area contributed by atoms with Crippen LogP contribution in [0.4, 0.5) is 0 Å². The lowest BCUT2D eigenvalue weighted by molar-refractivity contribution is -0.117. The molecule has 60 valence electrons. The maximum atomic E-state index is 10.7. The molecule has 0 aliphatic heterocycles. The van der Waals surface area contributed by atoms with E-state index in [1.54, 1.807) is 6.92 Å². The third kappa shape index (κ3) is 3.83. The molecule has 1 nitrogen and oxygen atoms in total. The van der Waals surface area contributed by atoms with Crippen molar-refractivity contribution in [3.05, 3.63) is 0 Å². The molecule has 0 N–H and O–H groups in total. The van der Waals surface area contributed by atoms with E-state index in [0.717, 1.165) is 6.42 Å². The summed E-state index contributed by atoms with van der Waals surface area (Å²) in [5.41, 5.74) is 0.630. The van der Waals surface area contributed by atoms with Gasteiger partial charge >= 0.3 is 0 Å².